The summed E-state index contributed by atoms with van der Waals surface area (Å²) in [6.45, 7) is 3.11. The molecule has 8 heteroatoms. The Bertz CT molecular complexity index is 1380. The molecule has 2 aromatic carbocycles. The minimum absolute atomic E-state index is 0.322. The highest BCUT2D eigenvalue weighted by Gasteiger charge is 2.30. The standard InChI is InChI=1S/C27H22F3N5/c28-27(29,30)21-5-3-4-19(14-21)15-24-22-6-1-2-7-23(22)25(18-32-24)34-10-12-35(13-11-34)26-9-8-20(16-31)17-33-26/h1-9,14,17-18H,10-13,15H2. The number of fused-ring (bicyclic) bond motifs is 1. The summed E-state index contributed by atoms with van der Waals surface area (Å²) in [5.74, 6) is 0.850. The van der Waals surface area contributed by atoms with Crippen LogP contribution in [0.1, 0.15) is 22.4 Å². The van der Waals surface area contributed by atoms with Gasteiger partial charge in [-0.3, -0.25) is 4.98 Å². The van der Waals surface area contributed by atoms with E-state index in [-0.39, 0.29) is 0 Å². The van der Waals surface area contributed by atoms with Crippen LogP contribution in [0.5, 0.6) is 0 Å². The van der Waals surface area contributed by atoms with Gasteiger partial charge in [0.1, 0.15) is 11.9 Å². The van der Waals surface area contributed by atoms with Gasteiger partial charge in [-0.2, -0.15) is 18.4 Å². The second-order valence-corrected chi connectivity index (χ2v) is 8.50. The molecular formula is C27H22F3N5. The molecule has 176 valence electrons. The maximum absolute atomic E-state index is 13.1. The number of rotatable bonds is 4. The predicted octanol–water partition coefficient (Wildman–Crippen LogP) is 5.44. The minimum atomic E-state index is -4.37. The third-order valence-electron chi connectivity index (χ3n) is 6.30. The largest absolute Gasteiger partial charge is 0.416 e. The molecule has 1 aliphatic rings. The Kier molecular flexibility index (Phi) is 6.00. The van der Waals surface area contributed by atoms with Crippen molar-refractivity contribution in [3.05, 3.63) is 95.4 Å². The van der Waals surface area contributed by atoms with Crippen LogP contribution in [0.25, 0.3) is 10.8 Å². The van der Waals surface area contributed by atoms with Gasteiger partial charge in [-0.05, 0) is 23.8 Å². The molecule has 0 N–H and O–H groups in total. The van der Waals surface area contributed by atoms with E-state index in [9.17, 15) is 13.2 Å². The van der Waals surface area contributed by atoms with Crippen molar-refractivity contribution in [1.82, 2.24) is 9.97 Å². The van der Waals surface area contributed by atoms with Crippen LogP contribution < -0.4 is 9.80 Å². The number of hydrogen-bond donors (Lipinski definition) is 0. The lowest BCUT2D eigenvalue weighted by atomic mass is 10.0. The lowest BCUT2D eigenvalue weighted by molar-refractivity contribution is -0.137. The summed E-state index contributed by atoms with van der Waals surface area (Å²) in [5, 5.41) is 11.0. The van der Waals surface area contributed by atoms with Gasteiger partial charge in [0.05, 0.1) is 28.7 Å². The van der Waals surface area contributed by atoms with Crippen molar-refractivity contribution < 1.29 is 13.2 Å². The lowest BCUT2D eigenvalue weighted by Gasteiger charge is -2.37. The first-order valence-electron chi connectivity index (χ1n) is 11.3. The van der Waals surface area contributed by atoms with Crippen molar-refractivity contribution >= 4 is 22.3 Å². The maximum atomic E-state index is 13.1. The molecule has 0 saturated carbocycles. The number of alkyl halides is 3. The van der Waals surface area contributed by atoms with Gasteiger partial charge in [0.15, 0.2) is 0 Å². The number of piperazine rings is 1. The van der Waals surface area contributed by atoms with Crippen LogP contribution in [-0.2, 0) is 12.6 Å². The summed E-state index contributed by atoms with van der Waals surface area (Å²) in [5.41, 5.74) is 2.24. The number of aromatic nitrogens is 2. The number of benzene rings is 2. The molecular weight excluding hydrogens is 451 g/mol. The quantitative estimate of drug-likeness (QED) is 0.395. The number of nitrogens with zero attached hydrogens (tertiary/aromatic N) is 5. The van der Waals surface area contributed by atoms with Crippen molar-refractivity contribution in [3.8, 4) is 6.07 Å². The Morgan fingerprint density at radius 1 is 0.829 bits per heavy atom. The summed E-state index contributed by atoms with van der Waals surface area (Å²) in [7, 11) is 0. The molecule has 1 fully saturated rings. The SMILES string of the molecule is N#Cc1ccc(N2CCN(c3cnc(Cc4cccc(C(F)(F)F)c4)c4ccccc34)CC2)nc1. The smallest absolute Gasteiger partial charge is 0.366 e. The Hall–Kier alpha value is -4.12. The molecule has 3 heterocycles. The van der Waals surface area contributed by atoms with Crippen LogP contribution in [0.3, 0.4) is 0 Å². The number of hydrogen-bond acceptors (Lipinski definition) is 5. The van der Waals surface area contributed by atoms with E-state index in [1.165, 1.54) is 12.1 Å². The van der Waals surface area contributed by atoms with Gasteiger partial charge in [-0.25, -0.2) is 4.98 Å². The fraction of sp³-hybridized carbons (Fsp3) is 0.222. The average Bonchev–Trinajstić information content (AvgIpc) is 2.89. The molecule has 0 amide bonds. The third-order valence-corrected chi connectivity index (χ3v) is 6.30. The average molecular weight is 474 g/mol. The summed E-state index contributed by atoms with van der Waals surface area (Å²) in [4.78, 5) is 13.6. The van der Waals surface area contributed by atoms with Crippen LogP contribution in [0, 0.1) is 11.3 Å². The first-order valence-corrected chi connectivity index (χ1v) is 11.3. The molecule has 5 rings (SSSR count). The van der Waals surface area contributed by atoms with Crippen LogP contribution in [0.15, 0.2) is 73.1 Å². The fourth-order valence-corrected chi connectivity index (χ4v) is 4.50. The predicted molar refractivity (Wildman–Crippen MR) is 129 cm³/mol. The van der Waals surface area contributed by atoms with E-state index in [1.54, 1.807) is 18.3 Å². The van der Waals surface area contributed by atoms with Crippen LogP contribution in [0.4, 0.5) is 24.7 Å². The zero-order valence-corrected chi connectivity index (χ0v) is 18.8. The second kappa shape index (κ2) is 9.26. The molecule has 5 nitrogen and oxygen atoms in total. The molecule has 0 bridgehead atoms. The van der Waals surface area contributed by atoms with E-state index >= 15 is 0 Å². The highest BCUT2D eigenvalue weighted by molar-refractivity contribution is 5.95. The van der Waals surface area contributed by atoms with Crippen LogP contribution in [0.2, 0.25) is 0 Å². The Morgan fingerprint density at radius 2 is 1.57 bits per heavy atom. The monoisotopic (exact) mass is 473 g/mol. The van der Waals surface area contributed by atoms with Gasteiger partial charge in [0.25, 0.3) is 0 Å². The molecule has 2 aromatic heterocycles. The van der Waals surface area contributed by atoms with Gasteiger partial charge in [-0.1, -0.05) is 42.5 Å². The van der Waals surface area contributed by atoms with Gasteiger partial charge >= 0.3 is 6.18 Å². The topological polar surface area (TPSA) is 56.1 Å². The second-order valence-electron chi connectivity index (χ2n) is 8.50. The molecule has 0 atom stereocenters. The van der Waals surface area contributed by atoms with Crippen LogP contribution in [-0.4, -0.2) is 36.1 Å². The maximum Gasteiger partial charge on any atom is 0.416 e. The first-order chi connectivity index (χ1) is 16.9. The zero-order chi connectivity index (χ0) is 24.4. The molecule has 1 saturated heterocycles. The fourth-order valence-electron chi connectivity index (χ4n) is 4.50. The molecule has 4 aromatic rings. The van der Waals surface area contributed by atoms with E-state index < -0.39 is 11.7 Å². The highest BCUT2D eigenvalue weighted by Crippen LogP contribution is 2.32. The van der Waals surface area contributed by atoms with Crippen molar-refractivity contribution in [1.29, 1.82) is 5.26 Å². The molecule has 0 aliphatic carbocycles. The summed E-state index contributed by atoms with van der Waals surface area (Å²) < 4.78 is 39.4. The highest BCUT2D eigenvalue weighted by atomic mass is 19.4. The van der Waals surface area contributed by atoms with Crippen molar-refractivity contribution in [2.24, 2.45) is 0 Å². The number of anilines is 2. The number of pyridine rings is 2. The zero-order valence-electron chi connectivity index (χ0n) is 18.8. The molecule has 0 unspecified atom stereocenters. The van der Waals surface area contributed by atoms with E-state index in [0.717, 1.165) is 60.2 Å². The third kappa shape index (κ3) is 4.76. The van der Waals surface area contributed by atoms with E-state index in [1.807, 2.05) is 36.5 Å². The Balaban J connectivity index is 1.37. The number of halogens is 3. The van der Waals surface area contributed by atoms with Gasteiger partial charge in [0.2, 0.25) is 0 Å². The Morgan fingerprint density at radius 3 is 2.26 bits per heavy atom. The number of nitriles is 1. The Labute approximate surface area is 201 Å². The van der Waals surface area contributed by atoms with Gasteiger partial charge < -0.3 is 9.80 Å². The lowest BCUT2D eigenvalue weighted by Crippen LogP contribution is -2.47. The summed E-state index contributed by atoms with van der Waals surface area (Å²) in [6.07, 6.45) is -0.628. The molecule has 35 heavy (non-hydrogen) atoms. The van der Waals surface area contributed by atoms with E-state index in [0.29, 0.717) is 17.5 Å². The normalized spacial score (nSPS) is 14.2. The van der Waals surface area contributed by atoms with Crippen LogP contribution >= 0.6 is 0 Å². The first kappa shape index (κ1) is 22.7. The molecule has 0 radical (unpaired) electrons. The van der Waals surface area contributed by atoms with Crippen molar-refractivity contribution in [2.45, 2.75) is 12.6 Å². The summed E-state index contributed by atoms with van der Waals surface area (Å²) >= 11 is 0. The van der Waals surface area contributed by atoms with E-state index in [4.69, 9.17) is 5.26 Å². The van der Waals surface area contributed by atoms with Gasteiger partial charge in [0, 0.05) is 49.6 Å². The minimum Gasteiger partial charge on any atom is -0.366 e. The van der Waals surface area contributed by atoms with Crippen molar-refractivity contribution in [3.63, 3.8) is 0 Å². The summed E-state index contributed by atoms with van der Waals surface area (Å²) in [6, 6.07) is 19.1. The molecule has 1 aliphatic heterocycles. The van der Waals surface area contributed by atoms with Gasteiger partial charge in [-0.15, -0.1) is 0 Å². The van der Waals surface area contributed by atoms with E-state index in [2.05, 4.69) is 25.8 Å². The molecule has 0 spiro atoms. The van der Waals surface area contributed by atoms with Crippen molar-refractivity contribution in [2.75, 3.05) is 36.0 Å².